The van der Waals surface area contributed by atoms with Gasteiger partial charge in [0, 0.05) is 61.4 Å². The molecular formula is C38H45N5O2. The first kappa shape index (κ1) is 31.0. The van der Waals surface area contributed by atoms with Gasteiger partial charge in [0.15, 0.2) is 5.78 Å². The summed E-state index contributed by atoms with van der Waals surface area (Å²) < 4.78 is 2.40. The maximum absolute atomic E-state index is 13.5. The first-order chi connectivity index (χ1) is 21.7. The Balaban J connectivity index is 1.10. The molecule has 4 aromatic rings. The third kappa shape index (κ3) is 6.00. The summed E-state index contributed by atoms with van der Waals surface area (Å²) in [5.74, 6) is 0.0908. The number of fused-ring (bicyclic) bond motifs is 2. The zero-order valence-corrected chi connectivity index (χ0v) is 27.0. The number of ketones is 1. The molecule has 0 saturated carbocycles. The van der Waals surface area contributed by atoms with E-state index in [9.17, 15) is 9.59 Å². The number of nitrogens with two attached hydrogens (primary N) is 1. The number of likely N-dealkylation sites (N-methyl/N-ethyl adjacent to an activating group) is 2. The van der Waals surface area contributed by atoms with Crippen LogP contribution in [0.4, 0.5) is 0 Å². The molecule has 0 fully saturated rings. The van der Waals surface area contributed by atoms with Crippen molar-refractivity contribution in [2.75, 3.05) is 33.2 Å². The van der Waals surface area contributed by atoms with Crippen molar-refractivity contribution in [1.82, 2.24) is 19.7 Å². The zero-order chi connectivity index (χ0) is 31.7. The number of benzene rings is 3. The van der Waals surface area contributed by atoms with Gasteiger partial charge < -0.3 is 20.5 Å². The van der Waals surface area contributed by atoms with Crippen molar-refractivity contribution in [2.45, 2.75) is 58.3 Å². The van der Waals surface area contributed by atoms with E-state index < -0.39 is 5.54 Å². The zero-order valence-electron chi connectivity index (χ0n) is 27.0. The molecule has 6 rings (SSSR count). The molecule has 234 valence electrons. The summed E-state index contributed by atoms with van der Waals surface area (Å²) in [4.78, 5) is 29.1. The van der Waals surface area contributed by atoms with Gasteiger partial charge in [0.2, 0.25) is 5.91 Å². The lowest BCUT2D eigenvalue weighted by Crippen LogP contribution is -2.63. The third-order valence-corrected chi connectivity index (χ3v) is 9.63. The molecule has 0 saturated heterocycles. The van der Waals surface area contributed by atoms with Crippen LogP contribution in [-0.2, 0) is 24.3 Å². The second-order valence-electron chi connectivity index (χ2n) is 12.7. The van der Waals surface area contributed by atoms with E-state index >= 15 is 0 Å². The molecule has 2 aliphatic rings. The van der Waals surface area contributed by atoms with Gasteiger partial charge in [0.05, 0.1) is 0 Å². The molecule has 0 radical (unpaired) electrons. The lowest BCUT2D eigenvalue weighted by Gasteiger charge is -2.44. The second-order valence-corrected chi connectivity index (χ2v) is 12.7. The van der Waals surface area contributed by atoms with Gasteiger partial charge in [-0.25, -0.2) is 0 Å². The van der Waals surface area contributed by atoms with Gasteiger partial charge in [0.1, 0.15) is 5.54 Å². The molecule has 3 N–H and O–H groups in total. The second kappa shape index (κ2) is 12.8. The average molecular weight is 604 g/mol. The van der Waals surface area contributed by atoms with E-state index in [2.05, 4.69) is 76.6 Å². The third-order valence-electron chi connectivity index (χ3n) is 9.63. The van der Waals surface area contributed by atoms with Crippen LogP contribution in [0.2, 0.25) is 0 Å². The summed E-state index contributed by atoms with van der Waals surface area (Å²) in [7, 11) is 2.10. The highest BCUT2D eigenvalue weighted by molar-refractivity contribution is 6.01. The van der Waals surface area contributed by atoms with Crippen LogP contribution < -0.4 is 11.1 Å². The largest absolute Gasteiger partial charge is 0.347 e. The van der Waals surface area contributed by atoms with E-state index in [4.69, 9.17) is 5.73 Å². The number of aromatic nitrogens is 1. The normalized spacial score (nSPS) is 19.3. The Labute approximate surface area is 266 Å². The number of amides is 1. The predicted molar refractivity (Wildman–Crippen MR) is 183 cm³/mol. The average Bonchev–Trinajstić information content (AvgIpc) is 3.40. The highest BCUT2D eigenvalue weighted by Gasteiger charge is 2.44. The number of Topliss-reactive ketones (excluding diaryl/α,β-unsaturated/α-hetero) is 1. The minimum Gasteiger partial charge on any atom is -0.347 e. The van der Waals surface area contributed by atoms with Gasteiger partial charge in [0.25, 0.3) is 0 Å². The van der Waals surface area contributed by atoms with Crippen molar-refractivity contribution in [3.05, 3.63) is 101 Å². The molecular weight excluding hydrogens is 558 g/mol. The van der Waals surface area contributed by atoms with E-state index in [0.29, 0.717) is 19.6 Å². The summed E-state index contributed by atoms with van der Waals surface area (Å²) in [6, 6.07) is 23.2. The van der Waals surface area contributed by atoms with Crippen LogP contribution in [0.5, 0.6) is 0 Å². The Morgan fingerprint density at radius 3 is 2.36 bits per heavy atom. The molecule has 0 spiro atoms. The number of aryl methyl sites for hydroxylation is 1. The standard InChI is InChI=1S/C38H45N5O2/c1-5-42(6-2)37(45)38(39)22-33-32-9-7-10-34-36(32)31(21-35(33)41(4)25-38)24-43(34)20-8-19-40-23-27-11-13-29(14-12-27)30-17-15-28(16-18-30)26(3)44/h7,9-18,22,24,35,40H,5-6,8,19-21,23,25,39H2,1-4H3/t35-,38+/m1/s1. The van der Waals surface area contributed by atoms with Crippen LogP contribution in [-0.4, -0.2) is 70.9 Å². The van der Waals surface area contributed by atoms with Crippen LogP contribution in [0.25, 0.3) is 27.6 Å². The molecule has 0 bridgehead atoms. The molecule has 2 atom stereocenters. The van der Waals surface area contributed by atoms with E-state index in [-0.39, 0.29) is 17.7 Å². The summed E-state index contributed by atoms with van der Waals surface area (Å²) in [6.07, 6.45) is 6.36. The summed E-state index contributed by atoms with van der Waals surface area (Å²) >= 11 is 0. The van der Waals surface area contributed by atoms with E-state index in [1.807, 2.05) is 43.0 Å². The lowest BCUT2D eigenvalue weighted by atomic mass is 9.77. The van der Waals surface area contributed by atoms with E-state index in [1.165, 1.54) is 33.2 Å². The van der Waals surface area contributed by atoms with Crippen LogP contribution in [0.1, 0.15) is 54.2 Å². The number of rotatable bonds is 11. The van der Waals surface area contributed by atoms with E-state index in [1.54, 1.807) is 6.92 Å². The first-order valence-electron chi connectivity index (χ1n) is 16.3. The number of nitrogens with one attached hydrogen (secondary N) is 1. The highest BCUT2D eigenvalue weighted by Crippen LogP contribution is 2.42. The van der Waals surface area contributed by atoms with Crippen molar-refractivity contribution in [3.8, 4) is 11.1 Å². The maximum atomic E-state index is 13.5. The molecule has 3 aromatic carbocycles. The minimum atomic E-state index is -1.03. The van der Waals surface area contributed by atoms with Crippen LogP contribution in [0.15, 0.2) is 79.0 Å². The Kier molecular flexibility index (Phi) is 8.78. The Bertz CT molecular complexity index is 1730. The fraction of sp³-hybridized carbons (Fsp3) is 0.368. The number of carbonyl (C=O) groups excluding carboxylic acids is 2. The molecule has 1 amide bonds. The van der Waals surface area contributed by atoms with Gasteiger partial charge in [-0.05, 0) is 92.7 Å². The predicted octanol–water partition coefficient (Wildman–Crippen LogP) is 5.51. The van der Waals surface area contributed by atoms with Crippen molar-refractivity contribution in [1.29, 1.82) is 0 Å². The van der Waals surface area contributed by atoms with Crippen molar-refractivity contribution >= 4 is 28.2 Å². The van der Waals surface area contributed by atoms with Gasteiger partial charge in [-0.1, -0.05) is 60.7 Å². The molecule has 1 aromatic heterocycles. The molecule has 0 unspecified atom stereocenters. The molecule has 7 nitrogen and oxygen atoms in total. The highest BCUT2D eigenvalue weighted by atomic mass is 16.2. The fourth-order valence-corrected chi connectivity index (χ4v) is 7.18. The molecule has 2 heterocycles. The van der Waals surface area contributed by atoms with Crippen molar-refractivity contribution in [3.63, 3.8) is 0 Å². The van der Waals surface area contributed by atoms with Gasteiger partial charge in [-0.2, -0.15) is 0 Å². The summed E-state index contributed by atoms with van der Waals surface area (Å²) in [5.41, 5.74) is 15.1. The number of nitrogens with zero attached hydrogens (tertiary/aromatic N) is 3. The molecule has 7 heteroatoms. The Hall–Kier alpha value is -4.04. The smallest absolute Gasteiger partial charge is 0.247 e. The van der Waals surface area contributed by atoms with Crippen molar-refractivity contribution < 1.29 is 9.59 Å². The minimum absolute atomic E-state index is 0.00438. The Morgan fingerprint density at radius 2 is 1.69 bits per heavy atom. The van der Waals surface area contributed by atoms with Gasteiger partial charge in [-0.15, -0.1) is 0 Å². The number of hydrogen-bond acceptors (Lipinski definition) is 5. The van der Waals surface area contributed by atoms with Crippen LogP contribution in [0, 0.1) is 0 Å². The van der Waals surface area contributed by atoms with Crippen LogP contribution >= 0.6 is 0 Å². The molecule has 45 heavy (non-hydrogen) atoms. The Morgan fingerprint density at radius 1 is 1.00 bits per heavy atom. The molecule has 1 aliphatic carbocycles. The number of hydrogen-bond donors (Lipinski definition) is 2. The van der Waals surface area contributed by atoms with Gasteiger partial charge >= 0.3 is 0 Å². The maximum Gasteiger partial charge on any atom is 0.247 e. The summed E-state index contributed by atoms with van der Waals surface area (Å²) in [6.45, 7) is 10.1. The molecule has 1 aliphatic heterocycles. The SMILES string of the molecule is CCN(CC)C(=O)[C@]1(N)C=C2c3cccc4c3c(cn4CCCNCc3ccc(-c4ccc(C(C)=O)cc4)cc3)C[C@H]2N(C)C1. The number of carbonyl (C=O) groups is 2. The van der Waals surface area contributed by atoms with E-state index in [0.717, 1.165) is 49.2 Å². The van der Waals surface area contributed by atoms with Gasteiger partial charge in [-0.3, -0.25) is 14.5 Å². The topological polar surface area (TPSA) is 83.6 Å². The quantitative estimate of drug-likeness (QED) is 0.175. The fourth-order valence-electron chi connectivity index (χ4n) is 7.18. The lowest BCUT2D eigenvalue weighted by molar-refractivity contribution is -0.135. The van der Waals surface area contributed by atoms with Crippen molar-refractivity contribution in [2.24, 2.45) is 5.73 Å². The van der Waals surface area contributed by atoms with Crippen LogP contribution in [0.3, 0.4) is 0 Å². The monoisotopic (exact) mass is 603 g/mol. The summed E-state index contributed by atoms with van der Waals surface area (Å²) in [5, 5.41) is 4.91. The first-order valence-corrected chi connectivity index (χ1v) is 16.3.